The summed E-state index contributed by atoms with van der Waals surface area (Å²) in [7, 11) is 0. The van der Waals surface area contributed by atoms with Crippen LogP contribution in [-0.4, -0.2) is 31.4 Å². The molecule has 6 nitrogen and oxygen atoms in total. The van der Waals surface area contributed by atoms with Gasteiger partial charge >= 0.3 is 0 Å². The van der Waals surface area contributed by atoms with E-state index >= 15 is 0 Å². The molecule has 4 bridgehead atoms. The fraction of sp³-hybridized carbons (Fsp3) is 0.640. The number of nitrogens with zero attached hydrogens (tertiary/aromatic N) is 3. The van der Waals surface area contributed by atoms with Crippen molar-refractivity contribution in [3.8, 4) is 11.4 Å². The number of fused-ring (bicyclic) bond motifs is 1. The van der Waals surface area contributed by atoms with E-state index in [2.05, 4.69) is 20.1 Å². The maximum atomic E-state index is 13.1. The molecule has 7 rings (SSSR count). The second kappa shape index (κ2) is 7.16. The van der Waals surface area contributed by atoms with Crippen LogP contribution in [0.15, 0.2) is 24.3 Å². The number of hydrogen-bond acceptors (Lipinski definition) is 4. The molecule has 31 heavy (non-hydrogen) atoms. The van der Waals surface area contributed by atoms with Crippen LogP contribution >= 0.6 is 0 Å². The first-order valence-electron chi connectivity index (χ1n) is 12.0. The predicted molar refractivity (Wildman–Crippen MR) is 118 cm³/mol. The average Bonchev–Trinajstić information content (AvgIpc) is 2.94. The highest BCUT2D eigenvalue weighted by Crippen LogP contribution is 2.62. The topological polar surface area (TPSA) is 80.0 Å². The summed E-state index contributed by atoms with van der Waals surface area (Å²) >= 11 is 0. The monoisotopic (exact) mass is 420 g/mol. The van der Waals surface area contributed by atoms with E-state index in [0.717, 1.165) is 74.4 Å². The predicted octanol–water partition coefficient (Wildman–Crippen LogP) is 4.33. The van der Waals surface area contributed by atoms with Crippen molar-refractivity contribution in [3.63, 3.8) is 0 Å². The molecule has 4 atom stereocenters. The second-order valence-corrected chi connectivity index (χ2v) is 10.9. The van der Waals surface area contributed by atoms with E-state index in [-0.39, 0.29) is 11.3 Å². The zero-order valence-electron chi connectivity index (χ0n) is 18.1. The van der Waals surface area contributed by atoms with Gasteiger partial charge in [-0.15, -0.1) is 10.2 Å². The second-order valence-electron chi connectivity index (χ2n) is 10.9. The Morgan fingerprint density at radius 3 is 2.77 bits per heavy atom. The number of carbonyl (C=O) groups is 1. The zero-order valence-corrected chi connectivity index (χ0v) is 18.1. The van der Waals surface area contributed by atoms with Crippen molar-refractivity contribution >= 4 is 11.6 Å². The molecule has 2 aromatic rings. The summed E-state index contributed by atoms with van der Waals surface area (Å²) in [5.41, 5.74) is 1.29. The van der Waals surface area contributed by atoms with Crippen LogP contribution < -0.4 is 5.32 Å². The number of aryl methyl sites for hydroxylation is 1. The van der Waals surface area contributed by atoms with Gasteiger partial charge in [-0.2, -0.15) is 0 Å². The number of benzene rings is 1. The number of amides is 1. The van der Waals surface area contributed by atoms with Crippen molar-refractivity contribution < 1.29 is 9.90 Å². The summed E-state index contributed by atoms with van der Waals surface area (Å²) in [6.07, 6.45) is 11.2. The lowest BCUT2D eigenvalue weighted by atomic mass is 9.47. The Hall–Kier alpha value is -2.21. The summed E-state index contributed by atoms with van der Waals surface area (Å²) in [6.45, 7) is 0.960. The van der Waals surface area contributed by atoms with Crippen LogP contribution in [0.3, 0.4) is 0 Å². The first-order valence-corrected chi connectivity index (χ1v) is 12.0. The van der Waals surface area contributed by atoms with Crippen molar-refractivity contribution in [1.29, 1.82) is 0 Å². The van der Waals surface area contributed by atoms with Gasteiger partial charge in [0.2, 0.25) is 5.91 Å². The first-order chi connectivity index (χ1) is 15.0. The summed E-state index contributed by atoms with van der Waals surface area (Å²) in [6, 6.07) is 8.00. The minimum absolute atomic E-state index is 0.00907. The highest BCUT2D eigenvalue weighted by Gasteiger charge is 2.57. The van der Waals surface area contributed by atoms with Gasteiger partial charge in [0.05, 0.1) is 5.60 Å². The van der Waals surface area contributed by atoms with Crippen molar-refractivity contribution in [2.24, 2.45) is 17.3 Å². The van der Waals surface area contributed by atoms with Gasteiger partial charge in [0, 0.05) is 30.6 Å². The van der Waals surface area contributed by atoms with Gasteiger partial charge in [-0.25, -0.2) is 0 Å². The summed E-state index contributed by atoms with van der Waals surface area (Å²) in [4.78, 5) is 13.1. The Morgan fingerprint density at radius 1 is 1.13 bits per heavy atom. The number of hydrogen-bond donors (Lipinski definition) is 2. The Morgan fingerprint density at radius 2 is 1.97 bits per heavy atom. The third-order valence-corrected chi connectivity index (χ3v) is 8.20. The standard InChI is InChI=1S/C25H32N4O2/c30-22(15-24-11-17-9-18(12-24)14-25(31,13-17)16-24)26-20-6-4-5-19(10-20)23-28-27-21-7-2-1-3-8-29(21)23/h4-6,10,17-18,31H,1-3,7-9,11-16H2,(H,26,30)/t17-,18+,24?,25?. The fourth-order valence-electron chi connectivity index (χ4n) is 7.59. The van der Waals surface area contributed by atoms with Gasteiger partial charge < -0.3 is 15.0 Å². The number of aromatic nitrogens is 3. The van der Waals surface area contributed by atoms with E-state index in [4.69, 9.17) is 0 Å². The van der Waals surface area contributed by atoms with Crippen molar-refractivity contribution in [2.45, 2.75) is 82.8 Å². The smallest absolute Gasteiger partial charge is 0.224 e. The largest absolute Gasteiger partial charge is 0.390 e. The maximum absolute atomic E-state index is 13.1. The Labute approximate surface area is 183 Å². The van der Waals surface area contributed by atoms with Gasteiger partial charge in [0.1, 0.15) is 5.82 Å². The van der Waals surface area contributed by atoms with E-state index in [1.165, 1.54) is 19.3 Å². The normalized spacial score (nSPS) is 33.7. The molecule has 5 aliphatic rings. The van der Waals surface area contributed by atoms with Gasteiger partial charge in [-0.1, -0.05) is 18.6 Å². The van der Waals surface area contributed by atoms with Crippen molar-refractivity contribution in [3.05, 3.63) is 30.1 Å². The van der Waals surface area contributed by atoms with Crippen molar-refractivity contribution in [2.75, 3.05) is 5.32 Å². The van der Waals surface area contributed by atoms with Crippen LogP contribution in [0.25, 0.3) is 11.4 Å². The summed E-state index contributed by atoms with van der Waals surface area (Å²) in [5, 5.41) is 23.0. The van der Waals surface area contributed by atoms with Gasteiger partial charge in [-0.3, -0.25) is 4.79 Å². The van der Waals surface area contributed by atoms with Gasteiger partial charge in [-0.05, 0) is 80.8 Å². The number of aliphatic hydroxyl groups is 1. The molecule has 164 valence electrons. The molecule has 1 aliphatic heterocycles. The molecule has 2 N–H and O–H groups in total. The molecule has 2 unspecified atom stereocenters. The quantitative estimate of drug-likeness (QED) is 0.771. The number of anilines is 1. The summed E-state index contributed by atoms with van der Waals surface area (Å²) in [5.74, 6) is 3.25. The Bertz CT molecular complexity index is 999. The maximum Gasteiger partial charge on any atom is 0.224 e. The molecule has 4 fully saturated rings. The number of carbonyl (C=O) groups excluding carboxylic acids is 1. The SMILES string of the molecule is O=C(CC12C[C@@H]3C[C@@H](CC(O)(C3)C1)C2)Nc1cccc(-c2nnc3n2CCCCC3)c1. The van der Waals surface area contributed by atoms with E-state index < -0.39 is 5.60 Å². The molecular weight excluding hydrogens is 388 g/mol. The molecule has 4 saturated carbocycles. The van der Waals surface area contributed by atoms with Crippen molar-refractivity contribution in [1.82, 2.24) is 14.8 Å². The van der Waals surface area contributed by atoms with Gasteiger partial charge in [0.15, 0.2) is 5.82 Å². The molecule has 1 aromatic carbocycles. The van der Waals surface area contributed by atoms with E-state index in [9.17, 15) is 9.90 Å². The van der Waals surface area contributed by atoms with Crippen LogP contribution in [0.1, 0.15) is 70.0 Å². The molecule has 1 amide bonds. The van der Waals surface area contributed by atoms with Crippen LogP contribution in [0, 0.1) is 17.3 Å². The molecule has 0 radical (unpaired) electrons. The lowest BCUT2D eigenvalue weighted by Gasteiger charge is -2.60. The third-order valence-electron chi connectivity index (χ3n) is 8.20. The summed E-state index contributed by atoms with van der Waals surface area (Å²) < 4.78 is 2.24. The van der Waals surface area contributed by atoms with Crippen LogP contribution in [0.2, 0.25) is 0 Å². The fourth-order valence-corrected chi connectivity index (χ4v) is 7.59. The molecule has 6 heteroatoms. The van der Waals surface area contributed by atoms with E-state index in [0.29, 0.717) is 18.3 Å². The van der Waals surface area contributed by atoms with Gasteiger partial charge in [0.25, 0.3) is 0 Å². The van der Waals surface area contributed by atoms with E-state index in [1.54, 1.807) is 0 Å². The molecule has 4 aliphatic carbocycles. The van der Waals surface area contributed by atoms with Crippen LogP contribution in [0.5, 0.6) is 0 Å². The molecule has 0 spiro atoms. The highest BCUT2D eigenvalue weighted by molar-refractivity contribution is 5.91. The molecule has 1 aromatic heterocycles. The molecule has 2 heterocycles. The third kappa shape index (κ3) is 3.59. The van der Waals surface area contributed by atoms with Crippen LogP contribution in [0.4, 0.5) is 5.69 Å². The minimum Gasteiger partial charge on any atom is -0.390 e. The first kappa shape index (κ1) is 19.5. The lowest BCUT2D eigenvalue weighted by molar-refractivity contribution is -0.167. The molecule has 0 saturated heterocycles. The highest BCUT2D eigenvalue weighted by atomic mass is 16.3. The number of nitrogens with one attached hydrogen (secondary N) is 1. The minimum atomic E-state index is -0.518. The zero-order chi connectivity index (χ0) is 21.1. The Balaban J connectivity index is 1.19. The lowest BCUT2D eigenvalue weighted by Crippen LogP contribution is -2.56. The molecular formula is C25H32N4O2. The van der Waals surface area contributed by atoms with Crippen LogP contribution in [-0.2, 0) is 17.8 Å². The van der Waals surface area contributed by atoms with E-state index in [1.807, 2.05) is 24.3 Å². The Kier molecular flexibility index (Phi) is 4.50. The number of rotatable bonds is 4. The average molecular weight is 421 g/mol.